The molecule has 1 aromatic heterocycles. The van der Waals surface area contributed by atoms with E-state index in [4.69, 9.17) is 5.73 Å². The number of aromatic nitrogens is 1. The Balaban J connectivity index is 0.00000128. The first-order valence-electron chi connectivity index (χ1n) is 5.12. The van der Waals surface area contributed by atoms with Crippen LogP contribution in [0.25, 0.3) is 0 Å². The molecule has 2 rings (SSSR count). The molecule has 98 valence electrons. The van der Waals surface area contributed by atoms with Gasteiger partial charge in [-0.05, 0) is 25.7 Å². The highest BCUT2D eigenvalue weighted by Crippen LogP contribution is 2.41. The number of hydrogen-bond donors (Lipinski definition) is 2. The minimum absolute atomic E-state index is 0. The Labute approximate surface area is 117 Å². The number of rotatable bonds is 4. The molecule has 0 aliphatic heterocycles. The molecule has 1 aromatic rings. The molecule has 0 spiro atoms. The minimum atomic E-state index is -0.0975. The van der Waals surface area contributed by atoms with Crippen molar-refractivity contribution in [2.45, 2.75) is 25.8 Å². The van der Waals surface area contributed by atoms with E-state index in [0.717, 1.165) is 10.7 Å². The summed E-state index contributed by atoms with van der Waals surface area (Å²) in [7, 11) is 0. The lowest BCUT2D eigenvalue weighted by molar-refractivity contribution is -0.120. The molecule has 1 aliphatic rings. The van der Waals surface area contributed by atoms with Crippen molar-refractivity contribution in [1.29, 1.82) is 0 Å². The first-order valence-corrected chi connectivity index (χ1v) is 6.00. The van der Waals surface area contributed by atoms with Crippen LogP contribution in [0, 0.1) is 12.8 Å². The molecule has 0 bridgehead atoms. The maximum atomic E-state index is 11.3. The Bertz CT molecular complexity index is 368. The van der Waals surface area contributed by atoms with Crippen LogP contribution in [-0.4, -0.2) is 17.4 Å². The maximum absolute atomic E-state index is 11.3. The number of thiazole rings is 1. The van der Waals surface area contributed by atoms with Crippen LogP contribution in [0.1, 0.15) is 29.6 Å². The van der Waals surface area contributed by atoms with Crippen molar-refractivity contribution < 1.29 is 4.79 Å². The smallest absolute Gasteiger partial charge is 0.234 e. The average molecular weight is 298 g/mol. The third-order valence-electron chi connectivity index (χ3n) is 2.50. The van der Waals surface area contributed by atoms with Gasteiger partial charge in [-0.1, -0.05) is 0 Å². The minimum Gasteiger partial charge on any atom is -0.345 e. The lowest BCUT2D eigenvalue weighted by Gasteiger charge is -2.14. The molecule has 1 amide bonds. The second-order valence-corrected chi connectivity index (χ2v) is 4.80. The fourth-order valence-electron chi connectivity index (χ4n) is 1.56. The van der Waals surface area contributed by atoms with Crippen LogP contribution >= 0.6 is 36.2 Å². The van der Waals surface area contributed by atoms with Gasteiger partial charge >= 0.3 is 0 Å². The highest BCUT2D eigenvalue weighted by atomic mass is 35.5. The molecule has 1 unspecified atom stereocenters. The van der Waals surface area contributed by atoms with Crippen LogP contribution < -0.4 is 11.1 Å². The van der Waals surface area contributed by atoms with Crippen molar-refractivity contribution >= 4 is 42.1 Å². The van der Waals surface area contributed by atoms with E-state index in [1.165, 1.54) is 12.8 Å². The monoisotopic (exact) mass is 297 g/mol. The van der Waals surface area contributed by atoms with Gasteiger partial charge in [-0.2, -0.15) is 0 Å². The Morgan fingerprint density at radius 1 is 1.65 bits per heavy atom. The molecule has 1 saturated carbocycles. The lowest BCUT2D eigenvalue weighted by Crippen LogP contribution is -2.34. The van der Waals surface area contributed by atoms with E-state index < -0.39 is 0 Å². The Hall–Kier alpha value is -0.360. The zero-order valence-electron chi connectivity index (χ0n) is 9.51. The van der Waals surface area contributed by atoms with E-state index in [1.54, 1.807) is 11.3 Å². The average Bonchev–Trinajstić information content (AvgIpc) is 2.97. The number of nitrogens with two attached hydrogens (primary N) is 1. The van der Waals surface area contributed by atoms with Gasteiger partial charge in [0.1, 0.15) is 5.01 Å². The zero-order chi connectivity index (χ0) is 10.8. The molecule has 7 heteroatoms. The molecule has 17 heavy (non-hydrogen) atoms. The third-order valence-corrected chi connectivity index (χ3v) is 3.54. The predicted molar refractivity (Wildman–Crippen MR) is 74.0 cm³/mol. The van der Waals surface area contributed by atoms with Gasteiger partial charge in [0.05, 0.1) is 12.6 Å². The Morgan fingerprint density at radius 3 is 2.71 bits per heavy atom. The summed E-state index contributed by atoms with van der Waals surface area (Å²) in [6.45, 7) is 2.02. The number of halogens is 2. The van der Waals surface area contributed by atoms with Crippen LogP contribution in [0.3, 0.4) is 0 Å². The first-order chi connectivity index (χ1) is 7.20. The molecule has 0 aromatic carbocycles. The highest BCUT2D eigenvalue weighted by molar-refractivity contribution is 7.09. The van der Waals surface area contributed by atoms with Crippen molar-refractivity contribution in [3.63, 3.8) is 0 Å². The number of aryl methyl sites for hydroxylation is 1. The molecule has 1 heterocycles. The van der Waals surface area contributed by atoms with E-state index in [0.29, 0.717) is 5.92 Å². The first kappa shape index (κ1) is 16.6. The second kappa shape index (κ2) is 7.16. The molecule has 1 fully saturated rings. The summed E-state index contributed by atoms with van der Waals surface area (Å²) >= 11 is 1.61. The number of amides is 1. The largest absolute Gasteiger partial charge is 0.345 e. The Kier molecular flexibility index (Phi) is 7.01. The van der Waals surface area contributed by atoms with Crippen LogP contribution in [-0.2, 0) is 4.79 Å². The van der Waals surface area contributed by atoms with Gasteiger partial charge < -0.3 is 11.1 Å². The van der Waals surface area contributed by atoms with Crippen molar-refractivity contribution in [1.82, 2.24) is 10.3 Å². The van der Waals surface area contributed by atoms with Crippen molar-refractivity contribution in [3.05, 3.63) is 16.1 Å². The lowest BCUT2D eigenvalue weighted by atomic mass is 10.2. The normalized spacial score (nSPS) is 15.4. The summed E-state index contributed by atoms with van der Waals surface area (Å²) < 4.78 is 0. The van der Waals surface area contributed by atoms with Crippen molar-refractivity contribution in [2.75, 3.05) is 6.54 Å². The fraction of sp³-hybridized carbons (Fsp3) is 0.600. The van der Waals surface area contributed by atoms with E-state index in [2.05, 4.69) is 10.3 Å². The number of hydrogen-bond acceptors (Lipinski definition) is 4. The molecular weight excluding hydrogens is 281 g/mol. The van der Waals surface area contributed by atoms with Crippen molar-refractivity contribution in [2.24, 2.45) is 11.7 Å². The van der Waals surface area contributed by atoms with E-state index in [-0.39, 0.29) is 43.3 Å². The predicted octanol–water partition coefficient (Wildman–Crippen LogP) is 1.82. The van der Waals surface area contributed by atoms with Gasteiger partial charge in [0.25, 0.3) is 0 Å². The Morgan fingerprint density at radius 2 is 2.29 bits per heavy atom. The van der Waals surface area contributed by atoms with E-state index in [9.17, 15) is 4.79 Å². The SMILES string of the molecule is Cc1csc(C(NC(=O)CN)C2CC2)n1.Cl.Cl. The zero-order valence-corrected chi connectivity index (χ0v) is 12.0. The number of carbonyl (C=O) groups excluding carboxylic acids is 1. The molecule has 1 atom stereocenters. The van der Waals surface area contributed by atoms with Gasteiger partial charge in [-0.25, -0.2) is 4.98 Å². The molecular formula is C10H17Cl2N3OS. The van der Waals surface area contributed by atoms with Gasteiger partial charge in [-0.15, -0.1) is 36.2 Å². The summed E-state index contributed by atoms with van der Waals surface area (Å²) in [5.74, 6) is 0.464. The van der Waals surface area contributed by atoms with Gasteiger partial charge in [0.2, 0.25) is 5.91 Å². The number of nitrogens with zero attached hydrogens (tertiary/aromatic N) is 1. The number of carbonyl (C=O) groups is 1. The highest BCUT2D eigenvalue weighted by Gasteiger charge is 2.34. The van der Waals surface area contributed by atoms with Crippen molar-refractivity contribution in [3.8, 4) is 0 Å². The van der Waals surface area contributed by atoms with Gasteiger partial charge in [0.15, 0.2) is 0 Å². The van der Waals surface area contributed by atoms with E-state index in [1.807, 2.05) is 12.3 Å². The molecule has 1 aliphatic carbocycles. The fourth-order valence-corrected chi connectivity index (χ4v) is 2.50. The standard InChI is InChI=1S/C10H15N3OS.2ClH/c1-6-5-15-10(12-6)9(7-2-3-7)13-8(14)4-11;;/h5,7,9H,2-4,11H2,1H3,(H,13,14);2*1H. The van der Waals surface area contributed by atoms with Crippen LogP contribution in [0.4, 0.5) is 0 Å². The molecule has 0 radical (unpaired) electrons. The maximum Gasteiger partial charge on any atom is 0.234 e. The summed E-state index contributed by atoms with van der Waals surface area (Å²) in [6.07, 6.45) is 2.35. The second-order valence-electron chi connectivity index (χ2n) is 3.91. The summed E-state index contributed by atoms with van der Waals surface area (Å²) in [4.78, 5) is 15.7. The number of nitrogens with one attached hydrogen (secondary N) is 1. The van der Waals surface area contributed by atoms with E-state index >= 15 is 0 Å². The topological polar surface area (TPSA) is 68.0 Å². The molecule has 4 nitrogen and oxygen atoms in total. The molecule has 0 saturated heterocycles. The van der Waals surface area contributed by atoms with Gasteiger partial charge in [0, 0.05) is 11.1 Å². The summed E-state index contributed by atoms with van der Waals surface area (Å²) in [5, 5.41) is 5.97. The summed E-state index contributed by atoms with van der Waals surface area (Å²) in [5.41, 5.74) is 6.31. The summed E-state index contributed by atoms with van der Waals surface area (Å²) in [6, 6.07) is 0.0831. The molecule has 3 N–H and O–H groups in total. The quantitative estimate of drug-likeness (QED) is 0.891. The van der Waals surface area contributed by atoms with Gasteiger partial charge in [-0.3, -0.25) is 4.79 Å². The van der Waals surface area contributed by atoms with Crippen LogP contribution in [0.2, 0.25) is 0 Å². The third kappa shape index (κ3) is 4.43. The van der Waals surface area contributed by atoms with Crippen LogP contribution in [0.15, 0.2) is 5.38 Å². The van der Waals surface area contributed by atoms with Crippen LogP contribution in [0.5, 0.6) is 0 Å².